The Morgan fingerprint density at radius 3 is 2.78 bits per heavy atom. The summed E-state index contributed by atoms with van der Waals surface area (Å²) >= 11 is 3.41. The molecular formula is C14H11ClN4O3S. The fourth-order valence-electron chi connectivity index (χ4n) is 1.71. The standard InChI is InChI=1S/C14H11ClN4O3S/c1-9-3-2-4-10(7-9)16-19-17-14(20)12-8-11(18-23(21)22)5-6-13(12)15/h2-8,18H,1H3. The molecule has 0 bridgehead atoms. The zero-order chi connectivity index (χ0) is 16.8. The molecule has 118 valence electrons. The summed E-state index contributed by atoms with van der Waals surface area (Å²) in [6.07, 6.45) is 0. The van der Waals surface area contributed by atoms with Gasteiger partial charge in [0.1, 0.15) is 0 Å². The minimum absolute atomic E-state index is 0.0188. The highest BCUT2D eigenvalue weighted by atomic mass is 35.5. The van der Waals surface area contributed by atoms with Crippen LogP contribution in [-0.4, -0.2) is 14.7 Å². The number of hydrogen-bond donors (Lipinski definition) is 1. The molecule has 0 saturated heterocycles. The van der Waals surface area contributed by atoms with Gasteiger partial charge in [-0.2, -0.15) is 0 Å². The van der Waals surface area contributed by atoms with Crippen LogP contribution in [0.4, 0.5) is 11.4 Å². The first-order chi connectivity index (χ1) is 11.0. The molecular weight excluding hydrogens is 340 g/mol. The van der Waals surface area contributed by atoms with Crippen LogP contribution in [0.15, 0.2) is 52.7 Å². The number of carbonyl (C=O) groups is 1. The molecule has 0 aliphatic rings. The van der Waals surface area contributed by atoms with Gasteiger partial charge in [-0.3, -0.25) is 9.00 Å². The summed E-state index contributed by atoms with van der Waals surface area (Å²) in [6, 6.07) is 11.3. The van der Waals surface area contributed by atoms with Crippen LogP contribution < -0.4 is 9.63 Å². The fourth-order valence-corrected chi connectivity index (χ4v) is 2.23. The zero-order valence-electron chi connectivity index (χ0n) is 11.9. The SMILES string of the molecule is Cc1cccc(N=[N+]=NC(=O)c2cc(NS(=O)[O-])ccc2Cl)c1. The maximum Gasteiger partial charge on any atom is 0.362 e. The molecule has 7 nitrogen and oxygen atoms in total. The molecule has 1 atom stereocenters. The molecule has 0 heterocycles. The number of aryl methyl sites for hydroxylation is 1. The molecule has 0 aliphatic carbocycles. The highest BCUT2D eigenvalue weighted by Crippen LogP contribution is 2.21. The first kappa shape index (κ1) is 17.0. The maximum absolute atomic E-state index is 12.0. The van der Waals surface area contributed by atoms with Crippen molar-refractivity contribution in [2.75, 3.05) is 4.72 Å². The molecule has 2 aromatic carbocycles. The van der Waals surface area contributed by atoms with Crippen molar-refractivity contribution in [1.29, 1.82) is 0 Å². The van der Waals surface area contributed by atoms with Crippen molar-refractivity contribution in [3.8, 4) is 0 Å². The van der Waals surface area contributed by atoms with Crippen molar-refractivity contribution < 1.29 is 13.6 Å². The Morgan fingerprint density at radius 1 is 1.30 bits per heavy atom. The first-order valence-corrected chi connectivity index (χ1v) is 7.79. The Morgan fingerprint density at radius 2 is 2.09 bits per heavy atom. The zero-order valence-corrected chi connectivity index (χ0v) is 13.5. The average molecular weight is 351 g/mol. The van der Waals surface area contributed by atoms with Gasteiger partial charge in [-0.1, -0.05) is 23.7 Å². The molecule has 0 fully saturated rings. The number of carbonyl (C=O) groups excluding carboxylic acids is 1. The molecule has 0 aliphatic heterocycles. The van der Waals surface area contributed by atoms with Crippen LogP contribution in [0.2, 0.25) is 5.02 Å². The molecule has 0 aromatic heterocycles. The van der Waals surface area contributed by atoms with Crippen LogP contribution in [0, 0.1) is 6.92 Å². The van der Waals surface area contributed by atoms with Crippen LogP contribution >= 0.6 is 11.6 Å². The Hall–Kier alpha value is -2.38. The molecule has 9 heteroatoms. The lowest BCUT2D eigenvalue weighted by Gasteiger charge is -2.09. The van der Waals surface area contributed by atoms with E-state index in [1.165, 1.54) is 18.2 Å². The molecule has 2 rings (SSSR count). The normalized spacial score (nSPS) is 11.3. The van der Waals surface area contributed by atoms with E-state index >= 15 is 0 Å². The smallest absolute Gasteiger partial charge is 0.362 e. The van der Waals surface area contributed by atoms with Gasteiger partial charge in [0.25, 0.3) is 0 Å². The fraction of sp³-hybridized carbons (Fsp3) is 0.0714. The molecule has 0 spiro atoms. The van der Waals surface area contributed by atoms with Gasteiger partial charge in [-0.25, -0.2) is 0 Å². The van der Waals surface area contributed by atoms with Gasteiger partial charge in [0.05, 0.1) is 10.6 Å². The highest BCUT2D eigenvalue weighted by Gasteiger charge is 2.15. The third-order valence-electron chi connectivity index (χ3n) is 2.70. The van der Waals surface area contributed by atoms with Crippen LogP contribution in [0.3, 0.4) is 0 Å². The van der Waals surface area contributed by atoms with E-state index < -0.39 is 17.2 Å². The van der Waals surface area contributed by atoms with E-state index in [0.29, 0.717) is 5.69 Å². The van der Waals surface area contributed by atoms with Gasteiger partial charge >= 0.3 is 5.91 Å². The summed E-state index contributed by atoms with van der Waals surface area (Å²) in [6.45, 7) is 1.90. The van der Waals surface area contributed by atoms with E-state index in [-0.39, 0.29) is 16.3 Å². The van der Waals surface area contributed by atoms with Crippen molar-refractivity contribution in [2.45, 2.75) is 6.92 Å². The number of halogens is 1. The molecule has 1 N–H and O–H groups in total. The lowest BCUT2D eigenvalue weighted by Crippen LogP contribution is -2.04. The monoisotopic (exact) mass is 350 g/mol. The number of rotatable bonds is 4. The van der Waals surface area contributed by atoms with Crippen LogP contribution in [0.5, 0.6) is 0 Å². The second-order valence-corrected chi connectivity index (χ2v) is 5.55. The minimum Gasteiger partial charge on any atom is -0.755 e. The summed E-state index contributed by atoms with van der Waals surface area (Å²) < 4.78 is 23.3. The number of nitrogens with one attached hydrogen (secondary N) is 1. The predicted molar refractivity (Wildman–Crippen MR) is 86.2 cm³/mol. The van der Waals surface area contributed by atoms with Crippen molar-refractivity contribution in [1.82, 2.24) is 4.91 Å². The minimum atomic E-state index is -2.50. The van der Waals surface area contributed by atoms with Crippen LogP contribution in [0.1, 0.15) is 15.9 Å². The van der Waals surface area contributed by atoms with E-state index in [1.54, 1.807) is 18.2 Å². The summed E-state index contributed by atoms with van der Waals surface area (Å²) in [5.74, 6) is -0.730. The third kappa shape index (κ3) is 5.08. The lowest BCUT2D eigenvalue weighted by atomic mass is 10.2. The number of hydrogen-bond acceptors (Lipinski definition) is 4. The molecule has 1 unspecified atom stereocenters. The van der Waals surface area contributed by atoms with Gasteiger partial charge in [0.2, 0.25) is 10.0 Å². The maximum atomic E-state index is 12.0. The molecule has 2 aromatic rings. The quantitative estimate of drug-likeness (QED) is 0.519. The average Bonchev–Trinajstić information content (AvgIpc) is 2.48. The van der Waals surface area contributed by atoms with E-state index in [9.17, 15) is 13.6 Å². The second-order valence-electron chi connectivity index (χ2n) is 4.46. The number of amides is 1. The third-order valence-corrected chi connectivity index (χ3v) is 3.43. The summed E-state index contributed by atoms with van der Waals surface area (Å²) in [5.41, 5.74) is 1.77. The molecule has 1 amide bonds. The summed E-state index contributed by atoms with van der Waals surface area (Å²) in [4.78, 5) is 15.5. The van der Waals surface area contributed by atoms with E-state index in [2.05, 4.69) is 19.9 Å². The number of benzene rings is 2. The Kier molecular flexibility index (Phi) is 5.72. The molecule has 23 heavy (non-hydrogen) atoms. The Balaban J connectivity index is 2.23. The number of nitrogens with zero attached hydrogens (tertiary/aromatic N) is 3. The first-order valence-electron chi connectivity index (χ1n) is 6.34. The van der Waals surface area contributed by atoms with Crippen LogP contribution in [0.25, 0.3) is 0 Å². The van der Waals surface area contributed by atoms with E-state index in [0.717, 1.165) is 5.56 Å². The van der Waals surface area contributed by atoms with E-state index in [1.807, 2.05) is 13.0 Å². The van der Waals surface area contributed by atoms with Gasteiger partial charge in [0, 0.05) is 17.0 Å². The lowest BCUT2D eigenvalue weighted by molar-refractivity contribution is 0.0993. The van der Waals surface area contributed by atoms with Crippen molar-refractivity contribution in [3.63, 3.8) is 0 Å². The van der Waals surface area contributed by atoms with Gasteiger partial charge in [0.15, 0.2) is 10.8 Å². The summed E-state index contributed by atoms with van der Waals surface area (Å²) in [7, 11) is 0. The topological polar surface area (TPSA) is 108 Å². The predicted octanol–water partition coefficient (Wildman–Crippen LogP) is 3.30. The Labute approximate surface area is 139 Å². The van der Waals surface area contributed by atoms with Crippen molar-refractivity contribution in [3.05, 3.63) is 58.6 Å². The number of anilines is 1. The van der Waals surface area contributed by atoms with Gasteiger partial charge in [-0.15, -0.1) is 0 Å². The largest absolute Gasteiger partial charge is 0.755 e. The molecule has 0 saturated carbocycles. The Bertz CT molecular complexity index is 835. The van der Waals surface area contributed by atoms with Gasteiger partial charge < -0.3 is 9.27 Å². The van der Waals surface area contributed by atoms with Crippen molar-refractivity contribution in [2.24, 2.45) is 10.2 Å². The highest BCUT2D eigenvalue weighted by molar-refractivity contribution is 7.80. The van der Waals surface area contributed by atoms with Crippen molar-refractivity contribution >= 4 is 40.1 Å². The van der Waals surface area contributed by atoms with Crippen LogP contribution in [-0.2, 0) is 11.3 Å². The summed E-state index contributed by atoms with van der Waals surface area (Å²) in [5, 5.41) is 7.40. The van der Waals surface area contributed by atoms with Gasteiger partial charge in [-0.05, 0) is 42.8 Å². The van der Waals surface area contributed by atoms with E-state index in [4.69, 9.17) is 11.6 Å². The molecule has 0 radical (unpaired) electrons. The second kappa shape index (κ2) is 7.75.